The van der Waals surface area contributed by atoms with Crippen LogP contribution in [0.15, 0.2) is 0 Å². The molecule has 3 atom stereocenters. The molecule has 1 aliphatic rings. The molecular formula is C9H11F3O5. The number of esters is 2. The van der Waals surface area contributed by atoms with Crippen LogP contribution in [0, 0.1) is 0 Å². The van der Waals surface area contributed by atoms with Gasteiger partial charge in [-0.3, -0.25) is 9.59 Å². The fraction of sp³-hybridized carbons (Fsp3) is 0.778. The Hall–Kier alpha value is -1.31. The van der Waals surface area contributed by atoms with Crippen molar-refractivity contribution in [2.45, 2.75) is 44.9 Å². The molecule has 1 fully saturated rings. The van der Waals surface area contributed by atoms with E-state index >= 15 is 0 Å². The van der Waals surface area contributed by atoms with E-state index in [4.69, 9.17) is 0 Å². The van der Waals surface area contributed by atoms with E-state index in [1.165, 1.54) is 0 Å². The van der Waals surface area contributed by atoms with Crippen molar-refractivity contribution in [3.8, 4) is 0 Å². The van der Waals surface area contributed by atoms with Gasteiger partial charge in [-0.15, -0.1) is 0 Å². The largest absolute Gasteiger partial charge is 0.456 e. The molecule has 0 bridgehead atoms. The number of hydrogen-bond donors (Lipinski definition) is 0. The maximum Gasteiger partial charge on any atom is 0.414 e. The van der Waals surface area contributed by atoms with Crippen LogP contribution in [0.2, 0.25) is 0 Å². The summed E-state index contributed by atoms with van der Waals surface area (Å²) in [5, 5.41) is 0. The minimum atomic E-state index is -4.59. The first-order valence-electron chi connectivity index (χ1n) is 4.76. The molecule has 0 aromatic rings. The van der Waals surface area contributed by atoms with Crippen molar-refractivity contribution in [1.82, 2.24) is 0 Å². The van der Waals surface area contributed by atoms with Crippen LogP contribution in [-0.2, 0) is 23.8 Å². The van der Waals surface area contributed by atoms with Crippen LogP contribution in [0.5, 0.6) is 0 Å². The summed E-state index contributed by atoms with van der Waals surface area (Å²) in [6.45, 7) is 2.07. The van der Waals surface area contributed by atoms with Crippen molar-refractivity contribution in [2.75, 3.05) is 0 Å². The Morgan fingerprint density at radius 1 is 1.18 bits per heavy atom. The van der Waals surface area contributed by atoms with Crippen LogP contribution in [0.4, 0.5) is 13.2 Å². The Bertz CT molecular complexity index is 290. The molecule has 0 N–H and O–H groups in total. The zero-order chi connectivity index (χ0) is 13.2. The third-order valence-corrected chi connectivity index (χ3v) is 2.01. The maximum absolute atomic E-state index is 12.4. The van der Waals surface area contributed by atoms with E-state index in [2.05, 4.69) is 14.2 Å². The molecule has 0 radical (unpaired) electrons. The predicted molar refractivity (Wildman–Crippen MR) is 46.7 cm³/mol. The van der Waals surface area contributed by atoms with Gasteiger partial charge in [0.05, 0.1) is 0 Å². The average Bonchev–Trinajstić information content (AvgIpc) is 2.45. The number of carbonyl (C=O) groups excluding carboxylic acids is 2. The van der Waals surface area contributed by atoms with Gasteiger partial charge in [0.25, 0.3) is 0 Å². The molecule has 5 nitrogen and oxygen atoms in total. The van der Waals surface area contributed by atoms with Crippen LogP contribution >= 0.6 is 0 Å². The highest BCUT2D eigenvalue weighted by molar-refractivity contribution is 5.67. The lowest BCUT2D eigenvalue weighted by Gasteiger charge is -2.17. The number of halogens is 3. The normalized spacial score (nSPS) is 28.9. The maximum atomic E-state index is 12.4. The van der Waals surface area contributed by atoms with Crippen LogP contribution < -0.4 is 0 Å². The highest BCUT2D eigenvalue weighted by atomic mass is 19.4. The SMILES string of the molecule is CC(=O)OC1OC(C(F)(F)F)C[C@H]1OC(C)=O. The van der Waals surface area contributed by atoms with Crippen molar-refractivity contribution >= 4 is 11.9 Å². The van der Waals surface area contributed by atoms with Crippen molar-refractivity contribution < 1.29 is 37.0 Å². The van der Waals surface area contributed by atoms with Gasteiger partial charge in [0.15, 0.2) is 12.2 Å². The van der Waals surface area contributed by atoms with Crippen LogP contribution in [0.3, 0.4) is 0 Å². The predicted octanol–water partition coefficient (Wildman–Crippen LogP) is 1.16. The summed E-state index contributed by atoms with van der Waals surface area (Å²) in [7, 11) is 0. The van der Waals surface area contributed by atoms with Gasteiger partial charge < -0.3 is 14.2 Å². The molecule has 0 spiro atoms. The number of hydrogen-bond acceptors (Lipinski definition) is 5. The summed E-state index contributed by atoms with van der Waals surface area (Å²) in [6, 6.07) is 0. The van der Waals surface area contributed by atoms with E-state index in [-0.39, 0.29) is 0 Å². The van der Waals surface area contributed by atoms with Gasteiger partial charge in [0, 0.05) is 20.3 Å². The lowest BCUT2D eigenvalue weighted by atomic mass is 10.2. The van der Waals surface area contributed by atoms with Crippen LogP contribution in [-0.4, -0.2) is 36.6 Å². The number of alkyl halides is 3. The molecule has 98 valence electrons. The number of ether oxygens (including phenoxy) is 3. The Kier molecular flexibility index (Phi) is 3.97. The summed E-state index contributed by atoms with van der Waals surface area (Å²) in [4.78, 5) is 21.4. The van der Waals surface area contributed by atoms with Gasteiger partial charge in [-0.2, -0.15) is 13.2 Å². The summed E-state index contributed by atoms with van der Waals surface area (Å²) < 4.78 is 50.8. The zero-order valence-corrected chi connectivity index (χ0v) is 9.11. The Labute approximate surface area is 94.8 Å². The fourth-order valence-electron chi connectivity index (χ4n) is 1.42. The van der Waals surface area contributed by atoms with E-state index in [9.17, 15) is 22.8 Å². The molecule has 0 aromatic heterocycles. The average molecular weight is 256 g/mol. The standard InChI is InChI=1S/C9H11F3O5/c1-4(13)15-6-3-7(9(10,11)12)17-8(6)16-5(2)14/h6-8H,3H2,1-2H3/t6-,7?,8?/m1/s1. The van der Waals surface area contributed by atoms with Crippen molar-refractivity contribution in [2.24, 2.45) is 0 Å². The van der Waals surface area contributed by atoms with Gasteiger partial charge in [-0.05, 0) is 0 Å². The minimum Gasteiger partial charge on any atom is -0.456 e. The van der Waals surface area contributed by atoms with Crippen molar-refractivity contribution in [1.29, 1.82) is 0 Å². The lowest BCUT2D eigenvalue weighted by Crippen LogP contribution is -2.31. The molecule has 0 saturated carbocycles. The second-order valence-corrected chi connectivity index (χ2v) is 3.53. The molecule has 2 unspecified atom stereocenters. The minimum absolute atomic E-state index is 0.582. The second kappa shape index (κ2) is 4.91. The topological polar surface area (TPSA) is 61.8 Å². The third-order valence-electron chi connectivity index (χ3n) is 2.01. The van der Waals surface area contributed by atoms with Gasteiger partial charge in [-0.25, -0.2) is 0 Å². The highest BCUT2D eigenvalue weighted by Gasteiger charge is 2.52. The molecule has 17 heavy (non-hydrogen) atoms. The first kappa shape index (κ1) is 13.8. The summed E-state index contributed by atoms with van der Waals surface area (Å²) in [5.74, 6) is -1.58. The number of rotatable bonds is 2. The zero-order valence-electron chi connectivity index (χ0n) is 9.11. The Balaban J connectivity index is 2.71. The van der Waals surface area contributed by atoms with E-state index < -0.39 is 43.0 Å². The first-order valence-corrected chi connectivity index (χ1v) is 4.76. The fourth-order valence-corrected chi connectivity index (χ4v) is 1.42. The summed E-state index contributed by atoms with van der Waals surface area (Å²) in [5.41, 5.74) is 0. The summed E-state index contributed by atoms with van der Waals surface area (Å²) >= 11 is 0. The van der Waals surface area contributed by atoms with E-state index in [0.717, 1.165) is 13.8 Å². The molecule has 1 aliphatic heterocycles. The quantitative estimate of drug-likeness (QED) is 0.694. The van der Waals surface area contributed by atoms with Crippen LogP contribution in [0.25, 0.3) is 0 Å². The summed E-state index contributed by atoms with van der Waals surface area (Å²) in [6.07, 6.45) is -10.0. The highest BCUT2D eigenvalue weighted by Crippen LogP contribution is 2.35. The van der Waals surface area contributed by atoms with Gasteiger partial charge >= 0.3 is 18.1 Å². The molecule has 0 aliphatic carbocycles. The van der Waals surface area contributed by atoms with Crippen molar-refractivity contribution in [3.05, 3.63) is 0 Å². The molecular weight excluding hydrogens is 245 g/mol. The Morgan fingerprint density at radius 2 is 1.71 bits per heavy atom. The van der Waals surface area contributed by atoms with E-state index in [1.807, 2.05) is 0 Å². The molecule has 8 heteroatoms. The monoisotopic (exact) mass is 256 g/mol. The molecule has 0 aromatic carbocycles. The molecule has 1 saturated heterocycles. The van der Waals surface area contributed by atoms with Gasteiger partial charge in [-0.1, -0.05) is 0 Å². The Morgan fingerprint density at radius 3 is 2.12 bits per heavy atom. The molecule has 0 amide bonds. The molecule has 1 heterocycles. The van der Waals surface area contributed by atoms with Gasteiger partial charge in [0.1, 0.15) is 0 Å². The second-order valence-electron chi connectivity index (χ2n) is 3.53. The van der Waals surface area contributed by atoms with E-state index in [0.29, 0.717) is 0 Å². The van der Waals surface area contributed by atoms with Gasteiger partial charge in [0.2, 0.25) is 6.29 Å². The molecule has 1 rings (SSSR count). The third kappa shape index (κ3) is 3.88. The first-order chi connectivity index (χ1) is 7.70. The van der Waals surface area contributed by atoms with Crippen LogP contribution in [0.1, 0.15) is 20.3 Å². The number of carbonyl (C=O) groups is 2. The van der Waals surface area contributed by atoms with E-state index in [1.54, 1.807) is 0 Å². The lowest BCUT2D eigenvalue weighted by molar-refractivity contribution is -0.246. The van der Waals surface area contributed by atoms with Crippen molar-refractivity contribution in [3.63, 3.8) is 0 Å². The smallest absolute Gasteiger partial charge is 0.414 e.